The zero-order valence-corrected chi connectivity index (χ0v) is 66.7. The van der Waals surface area contributed by atoms with Crippen LogP contribution in [0.1, 0.15) is 405 Å². The van der Waals surface area contributed by atoms with Gasteiger partial charge in [-0.15, -0.1) is 0 Å². The van der Waals surface area contributed by atoms with E-state index >= 15 is 0 Å². The van der Waals surface area contributed by atoms with Crippen molar-refractivity contribution in [2.24, 2.45) is 80.8 Å². The minimum Gasteiger partial charge on any atom is -0.438 e. The summed E-state index contributed by atoms with van der Waals surface area (Å²) in [4.78, 5) is 81.8. The summed E-state index contributed by atoms with van der Waals surface area (Å²) in [6, 6.07) is 0. The molecular formula is C94H187F3O19. The first kappa shape index (κ1) is 128. The minimum absolute atomic E-state index is 0. The molecule has 8 atom stereocenters. The lowest BCUT2D eigenvalue weighted by Gasteiger charge is -2.53. The molecule has 8 bridgehead atoms. The summed E-state index contributed by atoms with van der Waals surface area (Å²) < 4.78 is 103. The molecule has 12 rings (SSSR count). The Bertz CT molecular complexity index is 2530. The number of hydrogen-bond donors (Lipinski definition) is 0. The largest absolute Gasteiger partial charge is 0.438 e. The van der Waals surface area contributed by atoms with Crippen molar-refractivity contribution >= 4 is 41.6 Å². The number of hydrogen-bond acceptors (Lipinski definition) is 19. The zero-order chi connectivity index (χ0) is 76.8. The highest BCUT2D eigenvalue weighted by Gasteiger charge is 2.58. The molecule has 0 N–H and O–H groups in total. The standard InChI is InChI=1S/C17H23F3O4.C17H28O3.C13H24O3.2C12H22O3.C11H20O3.12CH4/c1-3-16(2,17(18,19)20)15(22)24-8-23-14-11-5-9-4-10(7-11)13(21)12(14)6-9;1-4-17(2,3)16(18)20-10-19-15-13-6-11-5-12(8-13)9-14(15)7-11;1-4-13(2,3)12(14)16-10-15-11-8-6-5-7-9-11;1-4-12(2,3)11(13)15-9-14-10-7-5-6-8-10;1-3-10(2)12(13)15-9-14-11-7-5-4-6-8-11;1-3-9(2)11(12)14-8-13-10-6-4-5-7-10;;;;;;;;;;;;/h9-12,14H,3-8H2,1-2H3;11-15H,4-10H2,1-3H3;11H,4-10H2,1-3H3;10H,4-9H2,1-3H3;10-11H,3-9H2,1-2H3;9-10H,3-8H2,1-2H3;12*1H4. The molecule has 0 radical (unpaired) electrons. The number of Topliss-reactive ketones (excluding diaryl/α,β-unsaturated/α-hetero) is 1. The van der Waals surface area contributed by atoms with Gasteiger partial charge in [-0.3, -0.25) is 33.6 Å². The first-order valence-electron chi connectivity index (χ1n) is 40.6. The summed E-state index contributed by atoms with van der Waals surface area (Å²) in [5.41, 5.74) is -3.71. The van der Waals surface area contributed by atoms with E-state index in [2.05, 4.69) is 0 Å². The maximum Gasteiger partial charge on any atom is 0.404 e. The smallest absolute Gasteiger partial charge is 0.404 e. The van der Waals surface area contributed by atoms with Crippen LogP contribution in [0.15, 0.2) is 0 Å². The minimum atomic E-state index is -4.67. The number of esters is 6. The van der Waals surface area contributed by atoms with Gasteiger partial charge in [-0.1, -0.05) is 209 Å². The van der Waals surface area contributed by atoms with Crippen molar-refractivity contribution < 1.29 is 104 Å². The van der Waals surface area contributed by atoms with E-state index in [9.17, 15) is 46.7 Å². The fraction of sp³-hybridized carbons (Fsp3) is 0.926. The predicted molar refractivity (Wildman–Crippen MR) is 469 cm³/mol. The van der Waals surface area contributed by atoms with E-state index in [1.807, 2.05) is 90.0 Å². The molecule has 0 spiro atoms. The van der Waals surface area contributed by atoms with Gasteiger partial charge in [-0.2, -0.15) is 13.2 Å². The van der Waals surface area contributed by atoms with E-state index in [4.69, 9.17) is 56.8 Å². The Morgan fingerprint density at radius 2 is 0.603 bits per heavy atom. The van der Waals surface area contributed by atoms with Crippen molar-refractivity contribution in [1.82, 2.24) is 0 Å². The van der Waals surface area contributed by atoms with Gasteiger partial charge in [-0.05, 0) is 232 Å². The van der Waals surface area contributed by atoms with E-state index in [0.717, 1.165) is 140 Å². The highest BCUT2D eigenvalue weighted by atomic mass is 19.4. The first-order valence-corrected chi connectivity index (χ1v) is 40.6. The summed E-state index contributed by atoms with van der Waals surface area (Å²) in [6.45, 7) is 27.4. The maximum atomic E-state index is 13.0. The molecule has 19 nitrogen and oxygen atoms in total. The Morgan fingerprint density at radius 3 is 0.897 bits per heavy atom. The molecule has 0 aromatic heterocycles. The molecule has 12 aliphatic rings. The molecule has 22 heteroatoms. The van der Waals surface area contributed by atoms with E-state index < -0.39 is 41.6 Å². The van der Waals surface area contributed by atoms with Gasteiger partial charge in [0.1, 0.15) is 5.78 Å². The van der Waals surface area contributed by atoms with Crippen molar-refractivity contribution in [2.75, 3.05) is 40.8 Å². The van der Waals surface area contributed by atoms with Crippen LogP contribution in [0, 0.1) is 80.8 Å². The van der Waals surface area contributed by atoms with Gasteiger partial charge >= 0.3 is 42.0 Å². The quantitative estimate of drug-likeness (QED) is 0.0370. The molecule has 0 aromatic carbocycles. The average molecular weight is 1680 g/mol. The van der Waals surface area contributed by atoms with E-state index in [-0.39, 0.29) is 200 Å². The number of carbonyl (C=O) groups excluding carboxylic acids is 7. The molecule has 0 saturated heterocycles. The molecule has 698 valence electrons. The Balaban J connectivity index is -0.000000199. The van der Waals surface area contributed by atoms with Gasteiger partial charge in [0.15, 0.2) is 46.2 Å². The van der Waals surface area contributed by atoms with E-state index in [0.29, 0.717) is 36.4 Å². The van der Waals surface area contributed by atoms with Gasteiger partial charge in [0.05, 0.1) is 64.7 Å². The van der Waals surface area contributed by atoms with Gasteiger partial charge < -0.3 is 56.8 Å². The lowest BCUT2D eigenvalue weighted by molar-refractivity contribution is -0.240. The highest BCUT2D eigenvalue weighted by molar-refractivity contribution is 5.86. The zero-order valence-electron chi connectivity index (χ0n) is 66.7. The molecule has 12 fully saturated rings. The van der Waals surface area contributed by atoms with Crippen LogP contribution >= 0.6 is 0 Å². The van der Waals surface area contributed by atoms with Crippen molar-refractivity contribution in [2.45, 2.75) is 448 Å². The third kappa shape index (κ3) is 40.8. The number of rotatable bonds is 30. The predicted octanol–water partition coefficient (Wildman–Crippen LogP) is 26.4. The van der Waals surface area contributed by atoms with Crippen molar-refractivity contribution in [3.8, 4) is 0 Å². The number of ether oxygens (including phenoxy) is 12. The van der Waals surface area contributed by atoms with E-state index in [1.54, 1.807) is 0 Å². The van der Waals surface area contributed by atoms with Crippen molar-refractivity contribution in [3.63, 3.8) is 0 Å². The lowest BCUT2D eigenvalue weighted by atomic mass is 9.54. The molecular weight excluding hydrogens is 1490 g/mol. The monoisotopic (exact) mass is 1680 g/mol. The van der Waals surface area contributed by atoms with Gasteiger partial charge in [0.2, 0.25) is 0 Å². The van der Waals surface area contributed by atoms with Gasteiger partial charge in [0.25, 0.3) is 0 Å². The summed E-state index contributed by atoms with van der Waals surface area (Å²) in [7, 11) is 0. The van der Waals surface area contributed by atoms with Crippen LogP contribution in [0.3, 0.4) is 0 Å². The Morgan fingerprint density at radius 1 is 0.336 bits per heavy atom. The van der Waals surface area contributed by atoms with E-state index in [1.165, 1.54) is 103 Å². The summed E-state index contributed by atoms with van der Waals surface area (Å²) >= 11 is 0. The molecule has 0 aliphatic heterocycles. The average Bonchev–Trinajstić information content (AvgIpc) is 0.833. The van der Waals surface area contributed by atoms with Gasteiger partial charge in [-0.25, -0.2) is 0 Å². The van der Waals surface area contributed by atoms with Crippen LogP contribution in [-0.4, -0.2) is 125 Å². The highest BCUT2D eigenvalue weighted by Crippen LogP contribution is 2.55. The first-order chi connectivity index (χ1) is 49.3. The number of halogens is 3. The molecule has 12 saturated carbocycles. The van der Waals surface area contributed by atoms with Crippen LogP contribution < -0.4 is 0 Å². The number of carbonyl (C=O) groups is 7. The van der Waals surface area contributed by atoms with Crippen LogP contribution in [-0.2, 0) is 90.4 Å². The number of ketones is 1. The molecule has 0 aromatic rings. The molecule has 0 amide bonds. The third-order valence-electron chi connectivity index (χ3n) is 24.9. The van der Waals surface area contributed by atoms with Crippen LogP contribution in [0.4, 0.5) is 13.2 Å². The fourth-order valence-corrected chi connectivity index (χ4v) is 15.9. The Hall–Kier alpha value is -3.96. The Labute approximate surface area is 711 Å². The molecule has 0 heterocycles. The summed E-state index contributed by atoms with van der Waals surface area (Å²) in [6.07, 6.45) is 32.0. The summed E-state index contributed by atoms with van der Waals surface area (Å²) in [5, 5.41) is 0. The van der Waals surface area contributed by atoms with Crippen molar-refractivity contribution in [1.29, 1.82) is 0 Å². The number of alkyl halides is 3. The Kier molecular flexibility index (Phi) is 69.4. The molecule has 116 heavy (non-hydrogen) atoms. The van der Waals surface area contributed by atoms with Crippen LogP contribution in [0.5, 0.6) is 0 Å². The maximum absolute atomic E-state index is 13.0. The molecule has 12 aliphatic carbocycles. The normalized spacial score (nSPS) is 24.3. The second-order valence-electron chi connectivity index (χ2n) is 33.8. The SMILES string of the molecule is C.C.C.C.C.C.C.C.C.C.C.C.CCC(C)(C(=O)OCOC1C2CC3CC(C2)C(=O)C1C3)C(F)(F)F.CCC(C)(C)C(=O)OCOC1C2CC3CC(C2)CC1C3.CCC(C)(C)C(=O)OCOC1CCCC1.CCC(C)(C)C(=O)OCOC1CCCCC1.CCC(C)C(=O)OCOC1CCCC1.CCC(C)C(=O)OCOC1CCCCC1. The topological polar surface area (TPSA) is 230 Å². The summed E-state index contributed by atoms with van der Waals surface area (Å²) in [5.74, 6) is 2.24. The molecule has 8 unspecified atom stereocenters. The lowest BCUT2D eigenvalue weighted by Crippen LogP contribution is -2.55. The second kappa shape index (κ2) is 63.0. The van der Waals surface area contributed by atoms with Crippen LogP contribution in [0.25, 0.3) is 0 Å². The van der Waals surface area contributed by atoms with Gasteiger partial charge in [0, 0.05) is 11.8 Å². The van der Waals surface area contributed by atoms with Crippen molar-refractivity contribution in [3.05, 3.63) is 0 Å². The third-order valence-corrected chi connectivity index (χ3v) is 24.9. The van der Waals surface area contributed by atoms with Crippen LogP contribution in [0.2, 0.25) is 0 Å². The fourth-order valence-electron chi connectivity index (χ4n) is 15.9. The second-order valence-corrected chi connectivity index (χ2v) is 33.8.